The van der Waals surface area contributed by atoms with Crippen LogP contribution in [-0.2, 0) is 22.6 Å². The Morgan fingerprint density at radius 1 is 0.897 bits per heavy atom. The molecule has 4 bridgehead atoms. The number of hydrogen-bond donors (Lipinski definition) is 2. The van der Waals surface area contributed by atoms with Gasteiger partial charge in [0, 0.05) is 25.3 Å². The lowest BCUT2D eigenvalue weighted by Crippen LogP contribution is -2.27. The fourth-order valence-electron chi connectivity index (χ4n) is 4.74. The molecule has 0 saturated carbocycles. The van der Waals surface area contributed by atoms with Crippen LogP contribution in [0.15, 0.2) is 59.6 Å². The first kappa shape index (κ1) is 28.8. The first-order chi connectivity index (χ1) is 18.7. The highest BCUT2D eigenvalue weighted by Crippen LogP contribution is 2.38. The molecule has 0 fully saturated rings. The Bertz CT molecular complexity index is 1370. The van der Waals surface area contributed by atoms with Crippen molar-refractivity contribution in [1.82, 2.24) is 9.97 Å². The molecule has 0 amide bonds. The third-order valence-corrected chi connectivity index (χ3v) is 7.99. The average Bonchev–Trinajstić information content (AvgIpc) is 2.91. The molecule has 2 N–H and O–H groups in total. The van der Waals surface area contributed by atoms with Crippen molar-refractivity contribution in [3.8, 4) is 11.3 Å². The topological polar surface area (TPSA) is 95.4 Å². The Kier molecular flexibility index (Phi) is 9.45. The maximum atomic E-state index is 14.0. The van der Waals surface area contributed by atoms with Crippen molar-refractivity contribution in [3.05, 3.63) is 65.7 Å². The maximum Gasteiger partial charge on any atom is 0.418 e. The van der Waals surface area contributed by atoms with E-state index in [2.05, 4.69) is 19.6 Å². The molecule has 1 aliphatic rings. The summed E-state index contributed by atoms with van der Waals surface area (Å²) < 4.78 is 70.8. The molecule has 39 heavy (non-hydrogen) atoms. The van der Waals surface area contributed by atoms with Gasteiger partial charge in [-0.05, 0) is 68.4 Å². The van der Waals surface area contributed by atoms with E-state index < -0.39 is 21.8 Å². The Balaban J connectivity index is 1.75. The molecule has 0 atom stereocenters. The minimum atomic E-state index is -4.66. The Hall–Kier alpha value is -3.18. The molecule has 3 aromatic rings. The summed E-state index contributed by atoms with van der Waals surface area (Å²) in [6.45, 7) is 1.48. The lowest BCUT2D eigenvalue weighted by atomic mass is 9.96. The number of rotatable bonds is 5. The summed E-state index contributed by atoms with van der Waals surface area (Å²) in [6, 6.07) is 13.4. The first-order valence-corrected chi connectivity index (χ1v) is 14.7. The number of halogens is 3. The second kappa shape index (κ2) is 12.8. The molecular formula is C28H33F3N4O3S. The van der Waals surface area contributed by atoms with Crippen molar-refractivity contribution in [1.29, 1.82) is 0 Å². The molecular weight excluding hydrogens is 529 g/mol. The maximum absolute atomic E-state index is 14.0. The number of alkyl halides is 3. The number of fused-ring (bicyclic) bond motifs is 6. The Labute approximate surface area is 227 Å². The minimum Gasteiger partial charge on any atom is -0.396 e. The number of anilines is 2. The summed E-state index contributed by atoms with van der Waals surface area (Å²) in [7, 11) is -4.23. The van der Waals surface area contributed by atoms with Gasteiger partial charge in [-0.15, -0.1) is 0 Å². The number of aromatic nitrogens is 2. The van der Waals surface area contributed by atoms with Crippen LogP contribution in [0.1, 0.15) is 56.1 Å². The van der Waals surface area contributed by atoms with E-state index in [4.69, 9.17) is 5.11 Å². The molecule has 1 aliphatic heterocycles. The van der Waals surface area contributed by atoms with E-state index in [1.165, 1.54) is 6.07 Å². The second-order valence-corrected chi connectivity index (χ2v) is 11.3. The fourth-order valence-corrected chi connectivity index (χ4v) is 5.71. The van der Waals surface area contributed by atoms with Crippen molar-refractivity contribution in [2.75, 3.05) is 29.3 Å². The standard InChI is InChI=1S/C28H33F3N4O3S/c29-28(30,31)23-16-17-24-32-27(23)22-13-6-5-12-21(22)11-4-1-2-7-18-35(19-8-3-9-20-36)25-14-10-15-26(33-25)39(37,38)34-24/h5-6,10,12-17,36H,1-4,7-9,11,18-20H2,(H,32,34). The number of nitrogens with one attached hydrogen (secondary N) is 1. The Morgan fingerprint density at radius 3 is 2.49 bits per heavy atom. The van der Waals surface area contributed by atoms with Gasteiger partial charge in [-0.25, -0.2) is 9.97 Å². The van der Waals surface area contributed by atoms with Crippen molar-refractivity contribution in [2.45, 2.75) is 62.6 Å². The van der Waals surface area contributed by atoms with Gasteiger partial charge in [0.05, 0.1) is 11.3 Å². The highest BCUT2D eigenvalue weighted by molar-refractivity contribution is 7.92. The van der Waals surface area contributed by atoms with Crippen LogP contribution in [0.2, 0.25) is 0 Å². The molecule has 3 heterocycles. The second-order valence-electron chi connectivity index (χ2n) is 9.62. The van der Waals surface area contributed by atoms with E-state index in [1.54, 1.807) is 36.4 Å². The SMILES string of the molecule is O=S1(=O)Nc2ccc(C(F)(F)F)c(n2)-c2ccccc2CCCCCCN(CCCCCO)c2cccc1n2. The summed E-state index contributed by atoms with van der Waals surface area (Å²) in [4.78, 5) is 10.6. The lowest BCUT2D eigenvalue weighted by Gasteiger charge is -2.24. The molecule has 0 spiro atoms. The monoisotopic (exact) mass is 562 g/mol. The van der Waals surface area contributed by atoms with Crippen LogP contribution in [-0.4, -0.2) is 43.2 Å². The summed E-state index contributed by atoms with van der Waals surface area (Å²) in [6.07, 6.45) is 1.75. The number of sulfonamides is 1. The fraction of sp³-hybridized carbons (Fsp3) is 0.429. The zero-order valence-electron chi connectivity index (χ0n) is 21.6. The van der Waals surface area contributed by atoms with Crippen LogP contribution in [0.5, 0.6) is 0 Å². The number of aliphatic hydroxyl groups is 1. The third-order valence-electron chi connectivity index (χ3n) is 6.73. The van der Waals surface area contributed by atoms with E-state index in [0.29, 0.717) is 37.3 Å². The molecule has 0 saturated heterocycles. The van der Waals surface area contributed by atoms with Gasteiger partial charge in [0.25, 0.3) is 10.0 Å². The zero-order valence-corrected chi connectivity index (χ0v) is 22.4. The normalized spacial score (nSPS) is 16.2. The van der Waals surface area contributed by atoms with Crippen molar-refractivity contribution in [3.63, 3.8) is 0 Å². The quantitative estimate of drug-likeness (QED) is 0.368. The van der Waals surface area contributed by atoms with Gasteiger partial charge in [-0.2, -0.15) is 21.6 Å². The Morgan fingerprint density at radius 2 is 1.69 bits per heavy atom. The van der Waals surface area contributed by atoms with Gasteiger partial charge in [-0.3, -0.25) is 4.72 Å². The van der Waals surface area contributed by atoms with Crippen LogP contribution in [0.25, 0.3) is 11.3 Å². The highest BCUT2D eigenvalue weighted by Gasteiger charge is 2.35. The zero-order chi connectivity index (χ0) is 27.9. The molecule has 0 aliphatic carbocycles. The molecule has 1 aromatic carbocycles. The van der Waals surface area contributed by atoms with Crippen LogP contribution in [0.3, 0.4) is 0 Å². The first-order valence-electron chi connectivity index (χ1n) is 13.2. The number of pyridine rings is 2. The van der Waals surface area contributed by atoms with Crippen LogP contribution < -0.4 is 9.62 Å². The third kappa shape index (κ3) is 7.48. The summed E-state index contributed by atoms with van der Waals surface area (Å²) in [5.41, 5.74) is -0.158. The number of unbranched alkanes of at least 4 members (excludes halogenated alkanes) is 2. The van der Waals surface area contributed by atoms with Crippen LogP contribution >= 0.6 is 0 Å². The largest absolute Gasteiger partial charge is 0.418 e. The van der Waals surface area contributed by atoms with Crippen molar-refractivity contribution in [2.24, 2.45) is 0 Å². The summed E-state index contributed by atoms with van der Waals surface area (Å²) in [5.74, 6) is 0.296. The minimum absolute atomic E-state index is 0.125. The van der Waals surface area contributed by atoms with E-state index in [9.17, 15) is 21.6 Å². The van der Waals surface area contributed by atoms with Gasteiger partial charge < -0.3 is 10.0 Å². The number of hydrogen-bond acceptors (Lipinski definition) is 6. The average molecular weight is 563 g/mol. The van der Waals surface area contributed by atoms with Crippen LogP contribution in [0, 0.1) is 0 Å². The number of aliphatic hydroxyl groups excluding tert-OH is 1. The number of benzene rings is 1. The number of nitrogens with zero attached hydrogens (tertiary/aromatic N) is 3. The van der Waals surface area contributed by atoms with Gasteiger partial charge in [0.1, 0.15) is 11.6 Å². The van der Waals surface area contributed by atoms with Gasteiger partial charge in [-0.1, -0.05) is 43.2 Å². The number of aryl methyl sites for hydroxylation is 1. The molecule has 2 aromatic heterocycles. The van der Waals surface area contributed by atoms with E-state index in [-0.39, 0.29) is 23.1 Å². The highest BCUT2D eigenvalue weighted by atomic mass is 32.2. The smallest absolute Gasteiger partial charge is 0.396 e. The van der Waals surface area contributed by atoms with Gasteiger partial charge in [0.2, 0.25) is 0 Å². The van der Waals surface area contributed by atoms with Gasteiger partial charge in [0.15, 0.2) is 5.03 Å². The van der Waals surface area contributed by atoms with E-state index in [0.717, 1.165) is 56.2 Å². The molecule has 4 rings (SSSR count). The van der Waals surface area contributed by atoms with Gasteiger partial charge >= 0.3 is 6.18 Å². The van der Waals surface area contributed by atoms with Crippen molar-refractivity contribution >= 4 is 21.7 Å². The molecule has 11 heteroatoms. The van der Waals surface area contributed by atoms with Crippen LogP contribution in [0.4, 0.5) is 24.8 Å². The molecule has 210 valence electrons. The van der Waals surface area contributed by atoms with Crippen molar-refractivity contribution < 1.29 is 26.7 Å². The predicted molar refractivity (Wildman–Crippen MR) is 145 cm³/mol. The van der Waals surface area contributed by atoms with E-state index in [1.807, 2.05) is 0 Å². The van der Waals surface area contributed by atoms with E-state index >= 15 is 0 Å². The lowest BCUT2D eigenvalue weighted by molar-refractivity contribution is -0.137. The molecule has 0 radical (unpaired) electrons. The molecule has 0 unspecified atom stereocenters. The summed E-state index contributed by atoms with van der Waals surface area (Å²) >= 11 is 0. The predicted octanol–water partition coefficient (Wildman–Crippen LogP) is 6.05. The summed E-state index contributed by atoms with van der Waals surface area (Å²) in [5, 5.41) is 8.86. The molecule has 7 nitrogen and oxygen atoms in total.